The highest BCUT2D eigenvalue weighted by molar-refractivity contribution is 6.03. The minimum atomic E-state index is -0.301. The standard InChI is InChI=1S/C17H18N4O2/c1-10-9-15(21-17(18-10)20-14-7-8-14)16(23)19-13-5-3-12(4-6-13)11(2)22/h3-6,9,14H,7-8H2,1-2H3,(H,19,23)(H,18,20,21). The highest BCUT2D eigenvalue weighted by Crippen LogP contribution is 2.23. The monoisotopic (exact) mass is 310 g/mol. The van der Waals surface area contributed by atoms with Gasteiger partial charge in [-0.2, -0.15) is 0 Å². The molecule has 23 heavy (non-hydrogen) atoms. The first-order valence-corrected chi connectivity index (χ1v) is 7.56. The van der Waals surface area contributed by atoms with E-state index in [1.807, 2.05) is 6.92 Å². The van der Waals surface area contributed by atoms with Crippen LogP contribution in [0.25, 0.3) is 0 Å². The fraction of sp³-hybridized carbons (Fsp3) is 0.294. The maximum atomic E-state index is 12.3. The van der Waals surface area contributed by atoms with Gasteiger partial charge in [0.05, 0.1) is 0 Å². The van der Waals surface area contributed by atoms with Crippen molar-refractivity contribution in [3.05, 3.63) is 47.3 Å². The van der Waals surface area contributed by atoms with Crippen molar-refractivity contribution < 1.29 is 9.59 Å². The van der Waals surface area contributed by atoms with Crippen LogP contribution in [0.3, 0.4) is 0 Å². The van der Waals surface area contributed by atoms with Gasteiger partial charge in [-0.25, -0.2) is 9.97 Å². The van der Waals surface area contributed by atoms with Crippen molar-refractivity contribution in [3.8, 4) is 0 Å². The highest BCUT2D eigenvalue weighted by atomic mass is 16.2. The molecule has 1 aromatic heterocycles. The van der Waals surface area contributed by atoms with Crippen LogP contribution >= 0.6 is 0 Å². The molecule has 1 heterocycles. The molecule has 1 fully saturated rings. The summed E-state index contributed by atoms with van der Waals surface area (Å²) in [4.78, 5) is 32.2. The SMILES string of the molecule is CC(=O)c1ccc(NC(=O)c2cc(C)nc(NC3CC3)n2)cc1. The number of anilines is 2. The summed E-state index contributed by atoms with van der Waals surface area (Å²) in [6.45, 7) is 3.34. The number of carbonyl (C=O) groups is 2. The molecule has 1 amide bonds. The van der Waals surface area contributed by atoms with Crippen LogP contribution in [0, 0.1) is 6.92 Å². The molecule has 2 N–H and O–H groups in total. The first-order valence-electron chi connectivity index (χ1n) is 7.56. The van der Waals surface area contributed by atoms with Gasteiger partial charge in [0.15, 0.2) is 5.78 Å². The van der Waals surface area contributed by atoms with Crippen LogP contribution in [0.2, 0.25) is 0 Å². The van der Waals surface area contributed by atoms with Gasteiger partial charge in [0.1, 0.15) is 5.69 Å². The number of hydrogen-bond donors (Lipinski definition) is 2. The lowest BCUT2D eigenvalue weighted by Crippen LogP contribution is -2.16. The second kappa shape index (κ2) is 6.16. The molecule has 3 rings (SSSR count). The Morgan fingerprint density at radius 3 is 2.43 bits per heavy atom. The summed E-state index contributed by atoms with van der Waals surface area (Å²) in [6, 6.07) is 8.84. The van der Waals surface area contributed by atoms with E-state index in [1.165, 1.54) is 6.92 Å². The normalized spacial score (nSPS) is 13.5. The Kier molecular flexibility index (Phi) is 4.06. The Morgan fingerprint density at radius 1 is 1.13 bits per heavy atom. The number of nitrogens with one attached hydrogen (secondary N) is 2. The molecule has 1 aliphatic rings. The fourth-order valence-corrected chi connectivity index (χ4v) is 2.14. The molecule has 6 nitrogen and oxygen atoms in total. The average Bonchev–Trinajstić information content (AvgIpc) is 3.31. The lowest BCUT2D eigenvalue weighted by atomic mass is 10.1. The van der Waals surface area contributed by atoms with E-state index in [4.69, 9.17) is 0 Å². The number of aryl methyl sites for hydroxylation is 1. The summed E-state index contributed by atoms with van der Waals surface area (Å²) < 4.78 is 0. The molecule has 0 bridgehead atoms. The van der Waals surface area contributed by atoms with Crippen molar-refractivity contribution >= 4 is 23.3 Å². The molecule has 0 unspecified atom stereocenters. The summed E-state index contributed by atoms with van der Waals surface area (Å²) >= 11 is 0. The first-order chi connectivity index (χ1) is 11.0. The second-order valence-corrected chi connectivity index (χ2v) is 5.72. The predicted molar refractivity (Wildman–Crippen MR) is 87.8 cm³/mol. The Hall–Kier alpha value is -2.76. The third-order valence-electron chi connectivity index (χ3n) is 3.55. The first kappa shape index (κ1) is 15.1. The molecule has 118 valence electrons. The van der Waals surface area contributed by atoms with Gasteiger partial charge in [0, 0.05) is 23.0 Å². The number of rotatable bonds is 5. The molecule has 6 heteroatoms. The zero-order valence-corrected chi connectivity index (χ0v) is 13.1. The van der Waals surface area contributed by atoms with Gasteiger partial charge in [-0.15, -0.1) is 0 Å². The van der Waals surface area contributed by atoms with E-state index in [9.17, 15) is 9.59 Å². The van der Waals surface area contributed by atoms with Crippen LogP contribution in [0.5, 0.6) is 0 Å². The van der Waals surface area contributed by atoms with Crippen molar-refractivity contribution in [2.45, 2.75) is 32.7 Å². The van der Waals surface area contributed by atoms with Crippen LogP contribution in [-0.2, 0) is 0 Å². The number of benzene rings is 1. The predicted octanol–water partition coefficient (Wildman–Crippen LogP) is 2.81. The van der Waals surface area contributed by atoms with E-state index in [1.54, 1.807) is 30.3 Å². The van der Waals surface area contributed by atoms with Crippen LogP contribution in [0.15, 0.2) is 30.3 Å². The molecule has 1 saturated carbocycles. The summed E-state index contributed by atoms with van der Waals surface area (Å²) in [6.07, 6.45) is 2.22. The van der Waals surface area contributed by atoms with Gasteiger partial charge in [-0.3, -0.25) is 9.59 Å². The summed E-state index contributed by atoms with van der Waals surface area (Å²) in [5, 5.41) is 5.98. The third-order valence-corrected chi connectivity index (χ3v) is 3.55. The topological polar surface area (TPSA) is 84.0 Å². The number of nitrogens with zero attached hydrogens (tertiary/aromatic N) is 2. The number of Topliss-reactive ketones (excluding diaryl/α,β-unsaturated/α-hetero) is 1. The lowest BCUT2D eigenvalue weighted by molar-refractivity contribution is 0.101. The lowest BCUT2D eigenvalue weighted by Gasteiger charge is -2.08. The minimum absolute atomic E-state index is 0.00917. The molecule has 1 aromatic carbocycles. The maximum Gasteiger partial charge on any atom is 0.274 e. The van der Waals surface area contributed by atoms with E-state index < -0.39 is 0 Å². The summed E-state index contributed by atoms with van der Waals surface area (Å²) in [5.41, 5.74) is 2.28. The molecule has 2 aromatic rings. The van der Waals surface area contributed by atoms with Gasteiger partial charge in [0.25, 0.3) is 5.91 Å². The van der Waals surface area contributed by atoms with Crippen molar-refractivity contribution in [3.63, 3.8) is 0 Å². The molecule has 0 spiro atoms. The summed E-state index contributed by atoms with van der Waals surface area (Å²) in [5.74, 6) is 0.180. The van der Waals surface area contributed by atoms with E-state index >= 15 is 0 Å². The van der Waals surface area contributed by atoms with Gasteiger partial charge in [-0.1, -0.05) is 0 Å². The average molecular weight is 310 g/mol. The van der Waals surface area contributed by atoms with Gasteiger partial charge in [0.2, 0.25) is 5.95 Å². The molecule has 1 aliphatic carbocycles. The molecular formula is C17H18N4O2. The number of ketones is 1. The van der Waals surface area contributed by atoms with E-state index in [0.717, 1.165) is 18.5 Å². The Morgan fingerprint density at radius 2 is 1.83 bits per heavy atom. The quantitative estimate of drug-likeness (QED) is 0.830. The Bertz CT molecular complexity index is 752. The van der Waals surface area contributed by atoms with Crippen molar-refractivity contribution in [1.82, 2.24) is 9.97 Å². The van der Waals surface area contributed by atoms with Crippen LogP contribution < -0.4 is 10.6 Å². The van der Waals surface area contributed by atoms with E-state index in [2.05, 4.69) is 20.6 Å². The maximum absolute atomic E-state index is 12.3. The van der Waals surface area contributed by atoms with Crippen molar-refractivity contribution in [2.75, 3.05) is 10.6 Å². The minimum Gasteiger partial charge on any atom is -0.351 e. The fourth-order valence-electron chi connectivity index (χ4n) is 2.14. The molecule has 0 atom stereocenters. The highest BCUT2D eigenvalue weighted by Gasteiger charge is 2.22. The molecule has 0 aliphatic heterocycles. The Labute approximate surface area is 134 Å². The van der Waals surface area contributed by atoms with Gasteiger partial charge < -0.3 is 10.6 Å². The zero-order chi connectivity index (χ0) is 16.4. The number of aromatic nitrogens is 2. The van der Waals surface area contributed by atoms with Crippen molar-refractivity contribution in [1.29, 1.82) is 0 Å². The van der Waals surface area contributed by atoms with Crippen LogP contribution in [-0.4, -0.2) is 27.7 Å². The van der Waals surface area contributed by atoms with E-state index in [-0.39, 0.29) is 11.7 Å². The number of hydrogen-bond acceptors (Lipinski definition) is 5. The number of carbonyl (C=O) groups excluding carboxylic acids is 2. The largest absolute Gasteiger partial charge is 0.351 e. The van der Waals surface area contributed by atoms with Gasteiger partial charge >= 0.3 is 0 Å². The van der Waals surface area contributed by atoms with E-state index in [0.29, 0.717) is 28.9 Å². The second-order valence-electron chi connectivity index (χ2n) is 5.72. The molecule has 0 saturated heterocycles. The zero-order valence-electron chi connectivity index (χ0n) is 13.1. The van der Waals surface area contributed by atoms with Gasteiger partial charge in [-0.05, 0) is 57.0 Å². The van der Waals surface area contributed by atoms with Crippen LogP contribution in [0.1, 0.15) is 46.3 Å². The summed E-state index contributed by atoms with van der Waals surface area (Å²) in [7, 11) is 0. The Balaban J connectivity index is 1.74. The van der Waals surface area contributed by atoms with Crippen molar-refractivity contribution in [2.24, 2.45) is 0 Å². The molecular weight excluding hydrogens is 292 g/mol. The van der Waals surface area contributed by atoms with Crippen LogP contribution in [0.4, 0.5) is 11.6 Å². The molecule has 0 radical (unpaired) electrons. The number of amides is 1. The smallest absolute Gasteiger partial charge is 0.274 e. The third kappa shape index (κ3) is 3.91.